The van der Waals surface area contributed by atoms with Gasteiger partial charge in [-0.25, -0.2) is 13.6 Å². The van der Waals surface area contributed by atoms with Crippen molar-refractivity contribution in [3.8, 4) is 0 Å². The molecule has 0 spiro atoms. The number of carbonyl (C=O) groups excluding carboxylic acids is 2. The smallest absolute Gasteiger partial charge is 0.325 e. The van der Waals surface area contributed by atoms with Gasteiger partial charge in [0.1, 0.15) is 17.2 Å². The highest BCUT2D eigenvalue weighted by atomic mass is 19.1. The van der Waals surface area contributed by atoms with E-state index < -0.39 is 35.2 Å². The quantitative estimate of drug-likeness (QED) is 0.818. The van der Waals surface area contributed by atoms with Gasteiger partial charge in [-0.05, 0) is 19.4 Å². The van der Waals surface area contributed by atoms with Crippen LogP contribution in [0.25, 0.3) is 0 Å². The number of hydrogen-bond acceptors (Lipinski definition) is 3. The van der Waals surface area contributed by atoms with E-state index in [1.54, 1.807) is 6.92 Å². The monoisotopic (exact) mass is 312 g/mol. The van der Waals surface area contributed by atoms with Crippen molar-refractivity contribution in [2.75, 3.05) is 6.54 Å². The van der Waals surface area contributed by atoms with Crippen LogP contribution in [-0.2, 0) is 4.79 Å². The first-order valence-electron chi connectivity index (χ1n) is 7.05. The van der Waals surface area contributed by atoms with Crippen LogP contribution in [0.15, 0.2) is 18.2 Å². The summed E-state index contributed by atoms with van der Waals surface area (Å²) >= 11 is 0. The number of amides is 3. The summed E-state index contributed by atoms with van der Waals surface area (Å²) in [6.45, 7) is 3.12. The van der Waals surface area contributed by atoms with Crippen LogP contribution in [0.2, 0.25) is 0 Å². The molecule has 120 valence electrons. The Morgan fingerprint density at radius 3 is 2.64 bits per heavy atom. The maximum atomic E-state index is 13.6. The Labute approximate surface area is 126 Å². The second-order valence-corrected chi connectivity index (χ2v) is 5.61. The molecule has 3 amide bonds. The molecule has 0 saturated carbocycles. The molecule has 7 heteroatoms. The zero-order chi connectivity index (χ0) is 16.5. The van der Waals surface area contributed by atoms with E-state index in [-0.39, 0.29) is 12.1 Å². The first kappa shape index (κ1) is 16.4. The summed E-state index contributed by atoms with van der Waals surface area (Å²) < 4.78 is 26.5. The third kappa shape index (κ3) is 2.94. The van der Waals surface area contributed by atoms with Crippen molar-refractivity contribution < 1.29 is 23.5 Å². The topological polar surface area (TPSA) is 69.6 Å². The summed E-state index contributed by atoms with van der Waals surface area (Å²) in [4.78, 5) is 25.1. The standard InChI is InChI=1S/C15H18F2N2O3/c1-3-6-15(2)13(21)19(14(22)18-15)8-12(20)10-5-4-9(16)7-11(10)17/h4-5,7,12,20H,3,6,8H2,1-2H3,(H,18,22)/t12-,15-/m1/s1. The van der Waals surface area contributed by atoms with Gasteiger partial charge in [0, 0.05) is 11.6 Å². The van der Waals surface area contributed by atoms with Crippen molar-refractivity contribution in [1.82, 2.24) is 10.2 Å². The fraction of sp³-hybridized carbons (Fsp3) is 0.467. The van der Waals surface area contributed by atoms with Crippen molar-refractivity contribution in [1.29, 1.82) is 0 Å². The molecule has 2 rings (SSSR count). The lowest BCUT2D eigenvalue weighted by atomic mass is 9.96. The zero-order valence-corrected chi connectivity index (χ0v) is 12.4. The minimum absolute atomic E-state index is 0.161. The number of carbonyl (C=O) groups is 2. The molecule has 1 aliphatic rings. The van der Waals surface area contributed by atoms with E-state index in [1.807, 2.05) is 6.92 Å². The van der Waals surface area contributed by atoms with Crippen LogP contribution in [0.5, 0.6) is 0 Å². The average Bonchev–Trinajstić information content (AvgIpc) is 2.62. The number of urea groups is 1. The maximum absolute atomic E-state index is 13.6. The molecule has 1 saturated heterocycles. The Morgan fingerprint density at radius 1 is 1.36 bits per heavy atom. The molecule has 2 atom stereocenters. The minimum Gasteiger partial charge on any atom is -0.386 e. The van der Waals surface area contributed by atoms with E-state index in [1.165, 1.54) is 0 Å². The van der Waals surface area contributed by atoms with E-state index in [2.05, 4.69) is 5.32 Å². The van der Waals surface area contributed by atoms with Gasteiger partial charge in [-0.3, -0.25) is 9.69 Å². The minimum atomic E-state index is -1.42. The molecule has 1 aromatic carbocycles. The van der Waals surface area contributed by atoms with Crippen molar-refractivity contribution in [2.24, 2.45) is 0 Å². The fourth-order valence-electron chi connectivity index (χ4n) is 2.63. The van der Waals surface area contributed by atoms with Gasteiger partial charge >= 0.3 is 6.03 Å². The number of halogens is 2. The summed E-state index contributed by atoms with van der Waals surface area (Å²) in [6, 6.07) is 2.13. The SMILES string of the molecule is CCC[C@@]1(C)NC(=O)N(C[C@@H](O)c2ccc(F)cc2F)C1=O. The Kier molecular flexibility index (Phi) is 4.46. The number of β-amino-alcohol motifs (C(OH)–C–C–N with tert-alkyl or cyclic N) is 1. The number of aliphatic hydroxyl groups is 1. The lowest BCUT2D eigenvalue weighted by molar-refractivity contribution is -0.132. The molecular formula is C15H18F2N2O3. The van der Waals surface area contributed by atoms with Gasteiger partial charge in [0.2, 0.25) is 0 Å². The van der Waals surface area contributed by atoms with Gasteiger partial charge in [0.15, 0.2) is 0 Å². The maximum Gasteiger partial charge on any atom is 0.325 e. The van der Waals surface area contributed by atoms with Gasteiger partial charge < -0.3 is 10.4 Å². The number of benzene rings is 1. The van der Waals surface area contributed by atoms with Crippen LogP contribution in [0.4, 0.5) is 13.6 Å². The fourth-order valence-corrected chi connectivity index (χ4v) is 2.63. The summed E-state index contributed by atoms with van der Waals surface area (Å²) in [5, 5.41) is 12.6. The predicted octanol–water partition coefficient (Wildman–Crippen LogP) is 2.11. The zero-order valence-electron chi connectivity index (χ0n) is 12.4. The molecule has 0 bridgehead atoms. The molecule has 5 nitrogen and oxygen atoms in total. The summed E-state index contributed by atoms with van der Waals surface area (Å²) in [5.74, 6) is -2.14. The highest BCUT2D eigenvalue weighted by molar-refractivity contribution is 6.06. The predicted molar refractivity (Wildman–Crippen MR) is 74.9 cm³/mol. The highest BCUT2D eigenvalue weighted by Gasteiger charge is 2.47. The van der Waals surface area contributed by atoms with Crippen LogP contribution in [-0.4, -0.2) is 34.0 Å². The summed E-state index contributed by atoms with van der Waals surface area (Å²) in [6.07, 6.45) is -0.250. The molecule has 0 radical (unpaired) electrons. The van der Waals surface area contributed by atoms with Gasteiger partial charge in [-0.1, -0.05) is 19.4 Å². The Morgan fingerprint density at radius 2 is 2.05 bits per heavy atom. The van der Waals surface area contributed by atoms with E-state index in [9.17, 15) is 23.5 Å². The van der Waals surface area contributed by atoms with Crippen molar-refractivity contribution in [3.05, 3.63) is 35.4 Å². The average molecular weight is 312 g/mol. The number of rotatable bonds is 5. The van der Waals surface area contributed by atoms with Crippen LogP contribution in [0, 0.1) is 11.6 Å². The Balaban J connectivity index is 2.16. The van der Waals surface area contributed by atoms with Crippen molar-refractivity contribution >= 4 is 11.9 Å². The lowest BCUT2D eigenvalue weighted by Gasteiger charge is -2.22. The molecule has 2 N–H and O–H groups in total. The van der Waals surface area contributed by atoms with Crippen molar-refractivity contribution in [3.63, 3.8) is 0 Å². The third-order valence-electron chi connectivity index (χ3n) is 3.77. The second kappa shape index (κ2) is 6.00. The summed E-state index contributed by atoms with van der Waals surface area (Å²) in [7, 11) is 0. The largest absolute Gasteiger partial charge is 0.386 e. The molecule has 0 unspecified atom stereocenters. The first-order valence-corrected chi connectivity index (χ1v) is 7.05. The van der Waals surface area contributed by atoms with E-state index in [4.69, 9.17) is 0 Å². The Hall–Kier alpha value is -2.02. The molecule has 0 aromatic heterocycles. The summed E-state index contributed by atoms with van der Waals surface area (Å²) in [5.41, 5.74) is -1.17. The van der Waals surface area contributed by atoms with Crippen LogP contribution in [0.3, 0.4) is 0 Å². The van der Waals surface area contributed by atoms with Crippen LogP contribution >= 0.6 is 0 Å². The number of imide groups is 1. The number of aliphatic hydroxyl groups excluding tert-OH is 1. The lowest BCUT2D eigenvalue weighted by Crippen LogP contribution is -2.44. The van der Waals surface area contributed by atoms with E-state index in [0.717, 1.165) is 17.0 Å². The van der Waals surface area contributed by atoms with Crippen LogP contribution in [0.1, 0.15) is 38.4 Å². The van der Waals surface area contributed by atoms with Gasteiger partial charge in [-0.2, -0.15) is 0 Å². The number of nitrogens with one attached hydrogen (secondary N) is 1. The van der Waals surface area contributed by atoms with Gasteiger partial charge in [0.25, 0.3) is 5.91 Å². The normalized spacial score (nSPS) is 22.9. The van der Waals surface area contributed by atoms with Crippen molar-refractivity contribution in [2.45, 2.75) is 38.3 Å². The molecule has 0 aliphatic carbocycles. The number of nitrogens with zero attached hydrogens (tertiary/aromatic N) is 1. The molecular weight excluding hydrogens is 294 g/mol. The van der Waals surface area contributed by atoms with Gasteiger partial charge in [-0.15, -0.1) is 0 Å². The third-order valence-corrected chi connectivity index (χ3v) is 3.77. The van der Waals surface area contributed by atoms with Crippen LogP contribution < -0.4 is 5.32 Å². The molecule has 1 heterocycles. The Bertz CT molecular complexity index is 608. The molecule has 1 aliphatic heterocycles. The highest BCUT2D eigenvalue weighted by Crippen LogP contribution is 2.26. The molecule has 1 aromatic rings. The molecule has 1 fully saturated rings. The molecule has 22 heavy (non-hydrogen) atoms. The van der Waals surface area contributed by atoms with E-state index in [0.29, 0.717) is 18.9 Å². The number of hydrogen-bond donors (Lipinski definition) is 2. The van der Waals surface area contributed by atoms with E-state index >= 15 is 0 Å². The second-order valence-electron chi connectivity index (χ2n) is 5.61. The van der Waals surface area contributed by atoms with Gasteiger partial charge in [0.05, 0.1) is 12.6 Å². The first-order chi connectivity index (χ1) is 10.3.